The van der Waals surface area contributed by atoms with Crippen LogP contribution in [-0.4, -0.2) is 42.5 Å². The molecule has 0 bridgehead atoms. The summed E-state index contributed by atoms with van der Waals surface area (Å²) in [5, 5.41) is 0. The van der Waals surface area contributed by atoms with E-state index in [0.717, 1.165) is 57.9 Å². The first kappa shape index (κ1) is 26.1. The van der Waals surface area contributed by atoms with Crippen molar-refractivity contribution in [2.75, 3.05) is 19.7 Å². The Kier molecular flexibility index (Phi) is 14.5. The third kappa shape index (κ3) is 9.20. The largest absolute Gasteiger partial charge is 0.464 e. The summed E-state index contributed by atoms with van der Waals surface area (Å²) in [4.78, 5) is 26.2. The van der Waals surface area contributed by atoms with Gasteiger partial charge in [-0.3, -0.25) is 4.90 Å². The number of esters is 1. The molecule has 0 aliphatic carbocycles. The van der Waals surface area contributed by atoms with Crippen molar-refractivity contribution in [2.45, 2.75) is 98.1 Å². The molecular formula is C22H44N2O3. The molecule has 3 unspecified atom stereocenters. The van der Waals surface area contributed by atoms with Crippen LogP contribution in [0.4, 0.5) is 0 Å². The number of aldehydes is 1. The minimum absolute atomic E-state index is 0.0275. The van der Waals surface area contributed by atoms with Gasteiger partial charge in [0.05, 0.1) is 6.61 Å². The second-order valence-corrected chi connectivity index (χ2v) is 7.75. The van der Waals surface area contributed by atoms with Crippen LogP contribution in [0.2, 0.25) is 0 Å². The third-order valence-electron chi connectivity index (χ3n) is 5.63. The van der Waals surface area contributed by atoms with Crippen molar-refractivity contribution in [1.29, 1.82) is 0 Å². The summed E-state index contributed by atoms with van der Waals surface area (Å²) in [6.45, 7) is 12.3. The van der Waals surface area contributed by atoms with Crippen LogP contribution in [0.15, 0.2) is 0 Å². The molecule has 0 aliphatic heterocycles. The highest BCUT2D eigenvalue weighted by atomic mass is 16.5. The number of carbonyl (C=O) groups is 2. The Balaban J connectivity index is 5.59. The molecule has 2 N–H and O–H groups in total. The number of rotatable bonds is 17. The lowest BCUT2D eigenvalue weighted by atomic mass is 9.92. The Morgan fingerprint density at radius 1 is 1.00 bits per heavy atom. The molecule has 0 saturated carbocycles. The van der Waals surface area contributed by atoms with E-state index in [1.807, 2.05) is 0 Å². The standard InChI is InChI=1S/C22H44N2O3/c1-6-11-13-19(8-3)17-24(18-20(9-4)14-12-7-2)22(23,15-16-25)21(26)27-10-5/h16,19-20H,6-15,17-18,23H2,1-5H3. The minimum Gasteiger partial charge on any atom is -0.464 e. The van der Waals surface area contributed by atoms with E-state index in [4.69, 9.17) is 10.5 Å². The molecule has 0 radical (unpaired) electrons. The van der Waals surface area contributed by atoms with Gasteiger partial charge in [0, 0.05) is 19.5 Å². The van der Waals surface area contributed by atoms with Gasteiger partial charge in [-0.15, -0.1) is 0 Å². The molecule has 0 rings (SSSR count). The van der Waals surface area contributed by atoms with Gasteiger partial charge in [-0.1, -0.05) is 66.2 Å². The van der Waals surface area contributed by atoms with Gasteiger partial charge in [0.15, 0.2) is 5.66 Å². The zero-order valence-corrected chi connectivity index (χ0v) is 18.5. The van der Waals surface area contributed by atoms with Crippen molar-refractivity contribution in [3.8, 4) is 0 Å². The van der Waals surface area contributed by atoms with Crippen molar-refractivity contribution in [3.63, 3.8) is 0 Å². The van der Waals surface area contributed by atoms with Gasteiger partial charge >= 0.3 is 5.97 Å². The molecule has 0 aliphatic rings. The van der Waals surface area contributed by atoms with Gasteiger partial charge in [0.25, 0.3) is 0 Å². The Bertz CT molecular complexity index is 385. The number of carbonyl (C=O) groups excluding carboxylic acids is 2. The zero-order chi connectivity index (χ0) is 20.7. The number of unbranched alkanes of at least 4 members (excludes halogenated alkanes) is 2. The van der Waals surface area contributed by atoms with Crippen molar-refractivity contribution >= 4 is 12.3 Å². The fraction of sp³-hybridized carbons (Fsp3) is 0.909. The second kappa shape index (κ2) is 15.0. The smallest absolute Gasteiger partial charge is 0.341 e. The Hall–Kier alpha value is -0.940. The molecule has 5 nitrogen and oxygen atoms in total. The molecule has 0 aromatic carbocycles. The van der Waals surface area contributed by atoms with E-state index >= 15 is 0 Å². The fourth-order valence-electron chi connectivity index (χ4n) is 3.58. The van der Waals surface area contributed by atoms with E-state index in [0.29, 0.717) is 11.8 Å². The lowest BCUT2D eigenvalue weighted by Gasteiger charge is -2.41. The number of ether oxygens (including phenoxy) is 1. The summed E-state index contributed by atoms with van der Waals surface area (Å²) in [5.41, 5.74) is 5.20. The maximum absolute atomic E-state index is 12.7. The number of hydrogen-bond donors (Lipinski definition) is 1. The van der Waals surface area contributed by atoms with Gasteiger partial charge in [0.1, 0.15) is 6.29 Å². The maximum atomic E-state index is 12.7. The number of hydrogen-bond acceptors (Lipinski definition) is 5. The summed E-state index contributed by atoms with van der Waals surface area (Å²) in [5.74, 6) is 0.461. The Morgan fingerprint density at radius 3 is 1.81 bits per heavy atom. The van der Waals surface area contributed by atoms with Crippen LogP contribution >= 0.6 is 0 Å². The van der Waals surface area contributed by atoms with Gasteiger partial charge in [0.2, 0.25) is 0 Å². The summed E-state index contributed by atoms with van der Waals surface area (Å²) in [6.07, 6.45) is 9.71. The third-order valence-corrected chi connectivity index (χ3v) is 5.63. The summed E-state index contributed by atoms with van der Waals surface area (Å²) in [6, 6.07) is 0. The van der Waals surface area contributed by atoms with E-state index in [-0.39, 0.29) is 13.0 Å². The molecular weight excluding hydrogens is 340 g/mol. The van der Waals surface area contributed by atoms with Crippen molar-refractivity contribution < 1.29 is 14.3 Å². The highest BCUT2D eigenvalue weighted by molar-refractivity contribution is 5.83. The van der Waals surface area contributed by atoms with Crippen molar-refractivity contribution in [1.82, 2.24) is 4.90 Å². The Labute approximate surface area is 167 Å². The highest BCUT2D eigenvalue weighted by Gasteiger charge is 2.42. The average molecular weight is 385 g/mol. The van der Waals surface area contributed by atoms with Crippen LogP contribution in [0.5, 0.6) is 0 Å². The number of nitrogens with zero attached hydrogens (tertiary/aromatic N) is 1. The quantitative estimate of drug-likeness (QED) is 0.227. The van der Waals surface area contributed by atoms with Gasteiger partial charge < -0.3 is 15.3 Å². The molecule has 0 heterocycles. The van der Waals surface area contributed by atoms with Crippen LogP contribution in [0.3, 0.4) is 0 Å². The maximum Gasteiger partial charge on any atom is 0.341 e. The van der Waals surface area contributed by atoms with E-state index in [2.05, 4.69) is 32.6 Å². The molecule has 0 spiro atoms. The van der Waals surface area contributed by atoms with Gasteiger partial charge in [-0.25, -0.2) is 4.79 Å². The molecule has 0 fully saturated rings. The van der Waals surface area contributed by atoms with Gasteiger partial charge in [-0.2, -0.15) is 0 Å². The highest BCUT2D eigenvalue weighted by Crippen LogP contribution is 2.25. The Morgan fingerprint density at radius 2 is 1.48 bits per heavy atom. The SMILES string of the molecule is CCCCC(CC)CN(CC(CC)CCCC)C(N)(CC=O)C(=O)OCC. The minimum atomic E-state index is -1.36. The average Bonchev–Trinajstić information content (AvgIpc) is 2.66. The van der Waals surface area contributed by atoms with Gasteiger partial charge in [-0.05, 0) is 31.6 Å². The number of nitrogens with two attached hydrogens (primary N) is 1. The predicted octanol–water partition coefficient (Wildman–Crippen LogP) is 4.53. The molecule has 0 aromatic rings. The summed E-state index contributed by atoms with van der Waals surface area (Å²) in [7, 11) is 0. The lowest BCUT2D eigenvalue weighted by molar-refractivity contribution is -0.160. The monoisotopic (exact) mass is 384 g/mol. The lowest BCUT2D eigenvalue weighted by Crippen LogP contribution is -2.64. The summed E-state index contributed by atoms with van der Waals surface area (Å²) >= 11 is 0. The van der Waals surface area contributed by atoms with Crippen LogP contribution in [-0.2, 0) is 14.3 Å². The molecule has 3 atom stereocenters. The van der Waals surface area contributed by atoms with E-state index in [1.54, 1.807) is 6.92 Å². The topological polar surface area (TPSA) is 72.6 Å². The molecule has 160 valence electrons. The van der Waals surface area contributed by atoms with Crippen molar-refractivity contribution in [3.05, 3.63) is 0 Å². The van der Waals surface area contributed by atoms with Crippen LogP contribution < -0.4 is 5.73 Å². The van der Waals surface area contributed by atoms with Crippen LogP contribution in [0.25, 0.3) is 0 Å². The first-order valence-electron chi connectivity index (χ1n) is 11.1. The predicted molar refractivity (Wildman–Crippen MR) is 112 cm³/mol. The molecule has 0 amide bonds. The van der Waals surface area contributed by atoms with Crippen molar-refractivity contribution in [2.24, 2.45) is 17.6 Å². The van der Waals surface area contributed by atoms with Crippen LogP contribution in [0, 0.1) is 11.8 Å². The van der Waals surface area contributed by atoms with E-state index < -0.39 is 11.6 Å². The zero-order valence-electron chi connectivity index (χ0n) is 18.5. The fourth-order valence-corrected chi connectivity index (χ4v) is 3.58. The first-order valence-corrected chi connectivity index (χ1v) is 11.1. The van der Waals surface area contributed by atoms with E-state index in [9.17, 15) is 9.59 Å². The molecule has 0 saturated heterocycles. The van der Waals surface area contributed by atoms with E-state index in [1.165, 1.54) is 12.8 Å². The van der Waals surface area contributed by atoms with Crippen LogP contribution in [0.1, 0.15) is 92.4 Å². The molecule has 0 aromatic heterocycles. The molecule has 27 heavy (non-hydrogen) atoms. The first-order chi connectivity index (χ1) is 12.9. The molecule has 5 heteroatoms. The normalized spacial score (nSPS) is 16.0. The summed E-state index contributed by atoms with van der Waals surface area (Å²) < 4.78 is 5.27. The second-order valence-electron chi connectivity index (χ2n) is 7.75.